The van der Waals surface area contributed by atoms with E-state index < -0.39 is 47.6 Å². The Morgan fingerprint density at radius 1 is 1.13 bits per heavy atom. The molecule has 2 aliphatic heterocycles. The molecular weight excluding hydrogens is 596 g/mol. The van der Waals surface area contributed by atoms with Crippen molar-refractivity contribution in [3.05, 3.63) is 22.5 Å². The summed E-state index contributed by atoms with van der Waals surface area (Å²) in [6, 6.07) is -1.05. The third-order valence-electron chi connectivity index (χ3n) is 4.23. The number of carbonyl (C=O) groups excluding carboxylic acids is 2. The number of nitrogens with one attached hydrogen (secondary N) is 1. The molecule has 2 aliphatic rings. The lowest BCUT2D eigenvalue weighted by atomic mass is 10.1. The number of anilines is 1. The van der Waals surface area contributed by atoms with Gasteiger partial charge in [-0.1, -0.05) is 0 Å². The number of β-lactam (4-membered cyclic amide) rings is 1. The third kappa shape index (κ3) is 8.88. The SMILES string of the molecule is COC1=C(C(=O)O)N2C(=O)C[C@@H]2SC1NC(=O)C(N)c1csc(N)n1.O=C(O)C(F)(F)F.O=C(O)C(F)(F)F. The minimum absolute atomic E-state index is 0.0138. The summed E-state index contributed by atoms with van der Waals surface area (Å²) in [5.41, 5.74) is 11.5. The number of hydrogen-bond donors (Lipinski definition) is 6. The van der Waals surface area contributed by atoms with Gasteiger partial charge in [0.1, 0.15) is 11.4 Å². The quantitative estimate of drug-likeness (QED) is 0.198. The average Bonchev–Trinajstić information content (AvgIpc) is 3.23. The largest absolute Gasteiger partial charge is 0.495 e. The molecule has 2 amide bonds. The number of ether oxygens (including phenoxy) is 1. The van der Waals surface area contributed by atoms with Crippen LogP contribution >= 0.6 is 23.1 Å². The van der Waals surface area contributed by atoms with Gasteiger partial charge < -0.3 is 36.8 Å². The Balaban J connectivity index is 0.000000449. The number of rotatable bonds is 5. The molecule has 1 saturated heterocycles. The van der Waals surface area contributed by atoms with Gasteiger partial charge in [0.2, 0.25) is 11.8 Å². The molecular formula is C17H17F6N5O9S2. The highest BCUT2D eigenvalue weighted by atomic mass is 32.2. The number of nitrogens with zero attached hydrogens (tertiary/aromatic N) is 2. The first kappa shape index (κ1) is 33.2. The number of fused-ring (bicyclic) bond motifs is 1. The molecule has 0 saturated carbocycles. The Morgan fingerprint density at radius 3 is 1.95 bits per heavy atom. The maximum absolute atomic E-state index is 12.4. The van der Waals surface area contributed by atoms with Gasteiger partial charge in [-0.25, -0.2) is 19.4 Å². The van der Waals surface area contributed by atoms with E-state index in [4.69, 9.17) is 36.0 Å². The highest BCUT2D eigenvalue weighted by Crippen LogP contribution is 2.43. The lowest BCUT2D eigenvalue weighted by Gasteiger charge is -2.45. The van der Waals surface area contributed by atoms with Crippen molar-refractivity contribution in [3.63, 3.8) is 0 Å². The molecule has 0 bridgehead atoms. The number of aromatic nitrogens is 1. The summed E-state index contributed by atoms with van der Waals surface area (Å²) >= 11 is 2.38. The summed E-state index contributed by atoms with van der Waals surface area (Å²) in [5.74, 6) is -7.68. The Morgan fingerprint density at radius 2 is 1.62 bits per heavy atom. The predicted molar refractivity (Wildman–Crippen MR) is 117 cm³/mol. The van der Waals surface area contributed by atoms with E-state index in [-0.39, 0.29) is 29.2 Å². The zero-order valence-electron chi connectivity index (χ0n) is 18.9. The Labute approximate surface area is 220 Å². The molecule has 14 nitrogen and oxygen atoms in total. The molecule has 8 N–H and O–H groups in total. The number of thioether (sulfide) groups is 1. The van der Waals surface area contributed by atoms with Crippen molar-refractivity contribution < 1.29 is 70.4 Å². The summed E-state index contributed by atoms with van der Waals surface area (Å²) in [6.07, 6.45) is -9.97. The molecule has 3 heterocycles. The predicted octanol–water partition coefficient (Wildman–Crippen LogP) is 0.682. The molecule has 3 atom stereocenters. The molecule has 218 valence electrons. The van der Waals surface area contributed by atoms with Crippen LogP contribution in [0, 0.1) is 0 Å². The van der Waals surface area contributed by atoms with E-state index in [9.17, 15) is 45.8 Å². The molecule has 1 fully saturated rings. The van der Waals surface area contributed by atoms with Gasteiger partial charge in [0.25, 0.3) is 0 Å². The van der Waals surface area contributed by atoms with E-state index in [0.717, 1.165) is 16.2 Å². The molecule has 0 aliphatic carbocycles. The standard InChI is InChI=1S/C13H15N5O5S2.2C2HF3O2/c1-23-9-8(12(21)22)18-5(19)2-6(18)25-11(9)17-10(20)7(14)4-3-24-13(15)16-4;2*3-2(4,5)1(6)7/h3,6-7,11H,2,14H2,1H3,(H2,15,16)(H,17,20)(H,21,22);2*(H,6,7)/t6-,7?,11?;;/m0../s1. The molecule has 3 rings (SSSR count). The second kappa shape index (κ2) is 12.8. The topological polar surface area (TPSA) is 235 Å². The van der Waals surface area contributed by atoms with Gasteiger partial charge in [-0.2, -0.15) is 26.3 Å². The number of hydrogen-bond acceptors (Lipinski definition) is 11. The van der Waals surface area contributed by atoms with Crippen molar-refractivity contribution in [2.75, 3.05) is 12.8 Å². The Kier molecular flexibility index (Phi) is 10.9. The van der Waals surface area contributed by atoms with E-state index >= 15 is 0 Å². The molecule has 2 unspecified atom stereocenters. The second-order valence-electron chi connectivity index (χ2n) is 6.86. The number of alkyl halides is 6. The third-order valence-corrected chi connectivity index (χ3v) is 6.22. The van der Waals surface area contributed by atoms with Gasteiger partial charge in [0.15, 0.2) is 16.6 Å². The van der Waals surface area contributed by atoms with Gasteiger partial charge >= 0.3 is 30.3 Å². The number of carboxylic acids is 3. The zero-order chi connectivity index (χ0) is 30.5. The van der Waals surface area contributed by atoms with Crippen LogP contribution in [0.15, 0.2) is 16.8 Å². The van der Waals surface area contributed by atoms with Crippen LogP contribution in [-0.2, 0) is 28.7 Å². The number of aliphatic carboxylic acids is 3. The summed E-state index contributed by atoms with van der Waals surface area (Å²) < 4.78 is 68.6. The number of halogens is 6. The van der Waals surface area contributed by atoms with Gasteiger partial charge in [-0.15, -0.1) is 23.1 Å². The number of carboxylic acid groups (broad SMARTS) is 3. The Bertz CT molecular complexity index is 1130. The smallest absolute Gasteiger partial charge is 0.490 e. The number of thiazole rings is 1. The van der Waals surface area contributed by atoms with Crippen LogP contribution in [0.3, 0.4) is 0 Å². The summed E-state index contributed by atoms with van der Waals surface area (Å²) in [7, 11) is 1.28. The fourth-order valence-electron chi connectivity index (χ4n) is 2.54. The minimum Gasteiger partial charge on any atom is -0.495 e. The Hall–Kier alpha value is -3.79. The monoisotopic (exact) mass is 613 g/mol. The van der Waals surface area contributed by atoms with E-state index in [1.54, 1.807) is 5.38 Å². The fraction of sp³-hybridized carbons (Fsp3) is 0.412. The molecule has 0 aromatic carbocycles. The van der Waals surface area contributed by atoms with Crippen LogP contribution < -0.4 is 16.8 Å². The van der Waals surface area contributed by atoms with Crippen molar-refractivity contribution in [2.45, 2.75) is 35.6 Å². The molecule has 1 aromatic heterocycles. The minimum atomic E-state index is -5.08. The number of amides is 2. The summed E-state index contributed by atoms with van der Waals surface area (Å²) in [5, 5.41) is 27.0. The first-order chi connectivity index (χ1) is 17.7. The number of nitrogens with two attached hydrogens (primary N) is 2. The molecule has 0 spiro atoms. The van der Waals surface area contributed by atoms with Crippen molar-refractivity contribution in [1.82, 2.24) is 15.2 Å². The van der Waals surface area contributed by atoms with Crippen LogP contribution in [0.5, 0.6) is 0 Å². The van der Waals surface area contributed by atoms with Gasteiger partial charge in [-0.3, -0.25) is 14.5 Å². The first-order valence-electron chi connectivity index (χ1n) is 9.58. The van der Waals surface area contributed by atoms with Crippen molar-refractivity contribution in [2.24, 2.45) is 5.73 Å². The summed E-state index contributed by atoms with van der Waals surface area (Å²) in [4.78, 5) is 58.6. The highest BCUT2D eigenvalue weighted by molar-refractivity contribution is 8.00. The maximum atomic E-state index is 12.4. The van der Waals surface area contributed by atoms with E-state index in [1.807, 2.05) is 0 Å². The average molecular weight is 613 g/mol. The number of methoxy groups -OCH3 is 1. The van der Waals surface area contributed by atoms with E-state index in [1.165, 1.54) is 18.9 Å². The first-order valence-corrected chi connectivity index (χ1v) is 11.4. The van der Waals surface area contributed by atoms with Crippen LogP contribution in [0.25, 0.3) is 0 Å². The normalized spacial score (nSPS) is 19.2. The second-order valence-corrected chi connectivity index (χ2v) is 9.04. The molecule has 1 aromatic rings. The number of carbonyl (C=O) groups is 5. The van der Waals surface area contributed by atoms with Crippen molar-refractivity contribution in [1.29, 1.82) is 0 Å². The van der Waals surface area contributed by atoms with Gasteiger partial charge in [0.05, 0.1) is 24.6 Å². The zero-order valence-corrected chi connectivity index (χ0v) is 20.6. The summed E-state index contributed by atoms with van der Waals surface area (Å²) in [6.45, 7) is 0. The van der Waals surface area contributed by atoms with Gasteiger partial charge in [0, 0.05) is 5.38 Å². The van der Waals surface area contributed by atoms with Crippen molar-refractivity contribution in [3.8, 4) is 0 Å². The van der Waals surface area contributed by atoms with Crippen LogP contribution in [0.1, 0.15) is 18.2 Å². The van der Waals surface area contributed by atoms with Crippen LogP contribution in [-0.4, -0.2) is 85.1 Å². The fourth-order valence-corrected chi connectivity index (χ4v) is 4.55. The maximum Gasteiger partial charge on any atom is 0.490 e. The molecule has 39 heavy (non-hydrogen) atoms. The highest BCUT2D eigenvalue weighted by Gasteiger charge is 2.50. The van der Waals surface area contributed by atoms with E-state index in [0.29, 0.717) is 10.8 Å². The molecule has 22 heteroatoms. The molecule has 0 radical (unpaired) electrons. The number of nitrogen functional groups attached to an aromatic ring is 1. The van der Waals surface area contributed by atoms with Gasteiger partial charge in [-0.05, 0) is 0 Å². The van der Waals surface area contributed by atoms with E-state index in [2.05, 4.69) is 10.3 Å². The lowest BCUT2D eigenvalue weighted by molar-refractivity contribution is -0.193. The van der Waals surface area contributed by atoms with Crippen molar-refractivity contribution >= 4 is 58.0 Å². The lowest BCUT2D eigenvalue weighted by Crippen LogP contribution is -2.57. The van der Waals surface area contributed by atoms with Crippen LogP contribution in [0.4, 0.5) is 31.5 Å². The van der Waals surface area contributed by atoms with Crippen LogP contribution in [0.2, 0.25) is 0 Å².